The Morgan fingerprint density at radius 1 is 1.50 bits per heavy atom. The second kappa shape index (κ2) is 5.37. The van der Waals surface area contributed by atoms with E-state index >= 15 is 0 Å². The largest absolute Gasteiger partial charge is 0.395 e. The first-order chi connectivity index (χ1) is 7.83. The molecule has 0 bridgehead atoms. The van der Waals surface area contributed by atoms with Crippen molar-refractivity contribution in [1.29, 1.82) is 0 Å². The number of aliphatic hydroxyl groups is 1. The SMILES string of the molecule is C[C@H](c1cnccn1)N1CCCC[C@H]1CO. The van der Waals surface area contributed by atoms with Crippen molar-refractivity contribution in [3.8, 4) is 0 Å². The maximum absolute atomic E-state index is 9.38. The van der Waals surface area contributed by atoms with Crippen LogP contribution in [0.2, 0.25) is 0 Å². The van der Waals surface area contributed by atoms with Gasteiger partial charge in [0.15, 0.2) is 0 Å². The summed E-state index contributed by atoms with van der Waals surface area (Å²) in [6.45, 7) is 3.42. The number of aromatic nitrogens is 2. The predicted octanol–water partition coefficient (Wildman–Crippen LogP) is 1.38. The molecule has 0 saturated carbocycles. The molecule has 0 unspecified atom stereocenters. The van der Waals surface area contributed by atoms with Gasteiger partial charge in [-0.2, -0.15) is 0 Å². The molecule has 88 valence electrons. The van der Waals surface area contributed by atoms with E-state index in [-0.39, 0.29) is 18.7 Å². The average molecular weight is 221 g/mol. The Bertz CT molecular complexity index is 317. The quantitative estimate of drug-likeness (QED) is 0.838. The highest BCUT2D eigenvalue weighted by Crippen LogP contribution is 2.26. The third-order valence-corrected chi connectivity index (χ3v) is 3.39. The molecular formula is C12H19N3O. The molecule has 4 nitrogen and oxygen atoms in total. The molecule has 1 aromatic heterocycles. The Morgan fingerprint density at radius 3 is 3.06 bits per heavy atom. The van der Waals surface area contributed by atoms with Gasteiger partial charge in [-0.25, -0.2) is 0 Å². The van der Waals surface area contributed by atoms with Crippen molar-refractivity contribution >= 4 is 0 Å². The fraction of sp³-hybridized carbons (Fsp3) is 0.667. The topological polar surface area (TPSA) is 49.2 Å². The highest BCUT2D eigenvalue weighted by Gasteiger charge is 2.27. The van der Waals surface area contributed by atoms with Gasteiger partial charge in [0, 0.05) is 24.6 Å². The highest BCUT2D eigenvalue weighted by atomic mass is 16.3. The van der Waals surface area contributed by atoms with Crippen LogP contribution >= 0.6 is 0 Å². The van der Waals surface area contributed by atoms with Gasteiger partial charge in [-0.05, 0) is 26.3 Å². The Kier molecular flexibility index (Phi) is 3.85. The average Bonchev–Trinajstić information content (AvgIpc) is 2.39. The molecular weight excluding hydrogens is 202 g/mol. The van der Waals surface area contributed by atoms with Gasteiger partial charge in [0.1, 0.15) is 0 Å². The van der Waals surface area contributed by atoms with Crippen LogP contribution in [0, 0.1) is 0 Å². The zero-order valence-electron chi connectivity index (χ0n) is 9.71. The van der Waals surface area contributed by atoms with Crippen LogP contribution in [0.15, 0.2) is 18.6 Å². The van der Waals surface area contributed by atoms with Gasteiger partial charge >= 0.3 is 0 Å². The van der Waals surface area contributed by atoms with Crippen molar-refractivity contribution in [2.45, 2.75) is 38.3 Å². The minimum absolute atomic E-state index is 0.241. The number of aliphatic hydroxyl groups excluding tert-OH is 1. The van der Waals surface area contributed by atoms with Crippen molar-refractivity contribution in [1.82, 2.24) is 14.9 Å². The summed E-state index contributed by atoms with van der Waals surface area (Å²) in [6, 6.07) is 0.525. The lowest BCUT2D eigenvalue weighted by atomic mass is 10.00. The van der Waals surface area contributed by atoms with Crippen molar-refractivity contribution in [3.63, 3.8) is 0 Å². The lowest BCUT2D eigenvalue weighted by Gasteiger charge is -2.38. The summed E-state index contributed by atoms with van der Waals surface area (Å²) in [5, 5.41) is 9.38. The van der Waals surface area contributed by atoms with E-state index in [0.29, 0.717) is 0 Å². The van der Waals surface area contributed by atoms with Gasteiger partial charge in [0.25, 0.3) is 0 Å². The van der Waals surface area contributed by atoms with Crippen LogP contribution in [0.1, 0.15) is 37.9 Å². The van der Waals surface area contributed by atoms with Crippen LogP contribution in [0.5, 0.6) is 0 Å². The monoisotopic (exact) mass is 221 g/mol. The van der Waals surface area contributed by atoms with E-state index in [9.17, 15) is 5.11 Å². The molecule has 1 N–H and O–H groups in total. The van der Waals surface area contributed by atoms with Gasteiger partial charge in [-0.3, -0.25) is 14.9 Å². The normalized spacial score (nSPS) is 24.2. The summed E-state index contributed by atoms with van der Waals surface area (Å²) < 4.78 is 0. The van der Waals surface area contributed by atoms with E-state index in [1.54, 1.807) is 12.4 Å². The first-order valence-corrected chi connectivity index (χ1v) is 5.95. The molecule has 2 atom stereocenters. The Morgan fingerprint density at radius 2 is 2.38 bits per heavy atom. The summed E-state index contributed by atoms with van der Waals surface area (Å²) in [5.41, 5.74) is 0.989. The smallest absolute Gasteiger partial charge is 0.0755 e. The first kappa shape index (κ1) is 11.5. The van der Waals surface area contributed by atoms with Crippen LogP contribution in [-0.4, -0.2) is 39.2 Å². The summed E-state index contributed by atoms with van der Waals surface area (Å²) in [5.74, 6) is 0. The summed E-state index contributed by atoms with van der Waals surface area (Å²) in [4.78, 5) is 10.8. The van der Waals surface area contributed by atoms with Crippen molar-refractivity contribution < 1.29 is 5.11 Å². The summed E-state index contributed by atoms with van der Waals surface area (Å²) >= 11 is 0. The van der Waals surface area contributed by atoms with Gasteiger partial charge in [0.2, 0.25) is 0 Å². The molecule has 0 radical (unpaired) electrons. The van der Waals surface area contributed by atoms with Crippen LogP contribution < -0.4 is 0 Å². The summed E-state index contributed by atoms with van der Waals surface area (Å²) in [6.07, 6.45) is 8.74. The number of rotatable bonds is 3. The molecule has 1 aliphatic rings. The maximum atomic E-state index is 9.38. The molecule has 0 aliphatic carbocycles. The zero-order valence-corrected chi connectivity index (χ0v) is 9.71. The molecule has 0 amide bonds. The lowest BCUT2D eigenvalue weighted by Crippen LogP contribution is -2.43. The van der Waals surface area contributed by atoms with Crippen molar-refractivity contribution in [3.05, 3.63) is 24.3 Å². The lowest BCUT2D eigenvalue weighted by molar-refractivity contribution is 0.0572. The van der Waals surface area contributed by atoms with Gasteiger partial charge < -0.3 is 5.11 Å². The Labute approximate surface area is 96.3 Å². The van der Waals surface area contributed by atoms with Gasteiger partial charge in [-0.15, -0.1) is 0 Å². The number of hydrogen-bond acceptors (Lipinski definition) is 4. The Hall–Kier alpha value is -1.00. The van der Waals surface area contributed by atoms with Gasteiger partial charge in [-0.1, -0.05) is 6.42 Å². The van der Waals surface area contributed by atoms with E-state index in [4.69, 9.17) is 0 Å². The molecule has 1 saturated heterocycles. The van der Waals surface area contributed by atoms with E-state index in [0.717, 1.165) is 18.7 Å². The maximum Gasteiger partial charge on any atom is 0.0755 e. The van der Waals surface area contributed by atoms with E-state index < -0.39 is 0 Å². The molecule has 2 heterocycles. The molecule has 16 heavy (non-hydrogen) atoms. The first-order valence-electron chi connectivity index (χ1n) is 5.95. The number of nitrogens with zero attached hydrogens (tertiary/aromatic N) is 3. The minimum atomic E-state index is 0.241. The Balaban J connectivity index is 2.10. The highest BCUT2D eigenvalue weighted by molar-refractivity contribution is 5.02. The second-order valence-corrected chi connectivity index (χ2v) is 4.38. The molecule has 0 spiro atoms. The van der Waals surface area contributed by atoms with Crippen LogP contribution in [0.3, 0.4) is 0 Å². The number of hydrogen-bond donors (Lipinski definition) is 1. The van der Waals surface area contributed by atoms with Crippen LogP contribution in [0.25, 0.3) is 0 Å². The molecule has 0 aromatic carbocycles. The molecule has 1 fully saturated rings. The van der Waals surface area contributed by atoms with E-state index in [2.05, 4.69) is 21.8 Å². The number of piperidine rings is 1. The number of likely N-dealkylation sites (tertiary alicyclic amines) is 1. The van der Waals surface area contributed by atoms with Gasteiger partial charge in [0.05, 0.1) is 18.3 Å². The molecule has 4 heteroatoms. The minimum Gasteiger partial charge on any atom is -0.395 e. The standard InChI is InChI=1S/C12H19N3O/c1-10(12-8-13-5-6-14-12)15-7-3-2-4-11(15)9-16/h5-6,8,10-11,16H,2-4,7,9H2,1H3/t10-,11+/m1/s1. The molecule has 1 aromatic rings. The fourth-order valence-corrected chi connectivity index (χ4v) is 2.43. The van der Waals surface area contributed by atoms with Crippen LogP contribution in [-0.2, 0) is 0 Å². The summed E-state index contributed by atoms with van der Waals surface area (Å²) in [7, 11) is 0. The van der Waals surface area contributed by atoms with E-state index in [1.807, 2.05) is 6.20 Å². The fourth-order valence-electron chi connectivity index (χ4n) is 2.43. The predicted molar refractivity (Wildman–Crippen MR) is 61.9 cm³/mol. The van der Waals surface area contributed by atoms with Crippen molar-refractivity contribution in [2.75, 3.05) is 13.2 Å². The third-order valence-electron chi connectivity index (χ3n) is 3.39. The van der Waals surface area contributed by atoms with Crippen LogP contribution in [0.4, 0.5) is 0 Å². The second-order valence-electron chi connectivity index (χ2n) is 4.38. The van der Waals surface area contributed by atoms with Crippen molar-refractivity contribution in [2.24, 2.45) is 0 Å². The molecule has 1 aliphatic heterocycles. The zero-order chi connectivity index (χ0) is 11.4. The third kappa shape index (κ3) is 2.39. The molecule has 2 rings (SSSR count). The van der Waals surface area contributed by atoms with E-state index in [1.165, 1.54) is 12.8 Å².